The number of carbonyl (C=O) groups excluding carboxylic acids is 1. The summed E-state index contributed by atoms with van der Waals surface area (Å²) in [7, 11) is 0. The van der Waals surface area contributed by atoms with E-state index in [0.717, 1.165) is 22.3 Å². The zero-order valence-corrected chi connectivity index (χ0v) is 16.8. The molecule has 0 spiro atoms. The molecule has 0 atom stereocenters. The molecule has 2 aromatic heterocycles. The van der Waals surface area contributed by atoms with Gasteiger partial charge in [0.05, 0.1) is 5.02 Å². The first kappa shape index (κ1) is 19.2. The Labute approximate surface area is 162 Å². The highest BCUT2D eigenvalue weighted by Crippen LogP contribution is 2.31. The first-order chi connectivity index (χ1) is 12.7. The van der Waals surface area contributed by atoms with Gasteiger partial charge in [0.15, 0.2) is 6.61 Å². The molecule has 0 bridgehead atoms. The number of ether oxygens (including phenoxy) is 1. The summed E-state index contributed by atoms with van der Waals surface area (Å²) < 4.78 is 13.0. The first-order valence-corrected chi connectivity index (χ1v) is 9.15. The Morgan fingerprint density at radius 1 is 1.19 bits per heavy atom. The maximum absolute atomic E-state index is 12.7. The van der Waals surface area contributed by atoms with Gasteiger partial charge in [-0.2, -0.15) is 0 Å². The Morgan fingerprint density at radius 2 is 1.89 bits per heavy atom. The highest BCUT2D eigenvalue weighted by atomic mass is 35.5. The van der Waals surface area contributed by atoms with Gasteiger partial charge in [0.25, 0.3) is 0 Å². The van der Waals surface area contributed by atoms with Crippen LogP contribution in [0.2, 0.25) is 5.02 Å². The van der Waals surface area contributed by atoms with Crippen molar-refractivity contribution in [3.8, 4) is 5.75 Å². The van der Waals surface area contributed by atoms with E-state index in [1.807, 2.05) is 26.8 Å². The van der Waals surface area contributed by atoms with Crippen LogP contribution >= 0.6 is 11.6 Å². The molecule has 5 nitrogen and oxygen atoms in total. The van der Waals surface area contributed by atoms with Gasteiger partial charge in [0.1, 0.15) is 11.3 Å². The second kappa shape index (κ2) is 7.24. The van der Waals surface area contributed by atoms with Gasteiger partial charge in [-0.3, -0.25) is 4.79 Å². The number of hydrogen-bond donors (Lipinski definition) is 0. The maximum atomic E-state index is 12.7. The van der Waals surface area contributed by atoms with Gasteiger partial charge < -0.3 is 13.7 Å². The van der Waals surface area contributed by atoms with E-state index in [1.165, 1.54) is 6.07 Å². The van der Waals surface area contributed by atoms with Gasteiger partial charge in [0.2, 0.25) is 5.78 Å². The second-order valence-corrected chi connectivity index (χ2v) is 7.39. The van der Waals surface area contributed by atoms with Crippen LogP contribution in [-0.4, -0.2) is 17.0 Å². The fourth-order valence-corrected chi connectivity index (χ4v) is 3.72. The van der Waals surface area contributed by atoms with E-state index in [0.29, 0.717) is 21.9 Å². The van der Waals surface area contributed by atoms with Crippen LogP contribution in [0.1, 0.15) is 47.2 Å². The third-order valence-electron chi connectivity index (χ3n) is 4.66. The normalized spacial score (nSPS) is 11.4. The Bertz CT molecular complexity index is 1090. The van der Waals surface area contributed by atoms with Crippen LogP contribution in [0.5, 0.6) is 5.75 Å². The van der Waals surface area contributed by atoms with Crippen LogP contribution in [0.15, 0.2) is 33.5 Å². The molecular weight excluding hydrogens is 366 g/mol. The van der Waals surface area contributed by atoms with Crippen molar-refractivity contribution in [1.82, 2.24) is 4.57 Å². The van der Waals surface area contributed by atoms with Crippen molar-refractivity contribution in [3.05, 3.63) is 62.2 Å². The molecule has 0 aliphatic rings. The van der Waals surface area contributed by atoms with Crippen molar-refractivity contribution in [2.75, 3.05) is 6.61 Å². The minimum absolute atomic E-state index is 0.128. The molecule has 0 fully saturated rings. The minimum Gasteiger partial charge on any atom is -0.484 e. The van der Waals surface area contributed by atoms with E-state index in [1.54, 1.807) is 12.1 Å². The maximum Gasteiger partial charge on any atom is 0.336 e. The number of ketones is 1. The highest BCUT2D eigenvalue weighted by Gasteiger charge is 2.18. The van der Waals surface area contributed by atoms with E-state index in [2.05, 4.69) is 18.4 Å². The lowest BCUT2D eigenvalue weighted by Crippen LogP contribution is -2.13. The lowest BCUT2D eigenvalue weighted by molar-refractivity contribution is 0.0921. The number of rotatable bonds is 5. The molecule has 0 N–H and O–H groups in total. The largest absolute Gasteiger partial charge is 0.484 e. The van der Waals surface area contributed by atoms with E-state index in [9.17, 15) is 9.59 Å². The third kappa shape index (κ3) is 3.65. The summed E-state index contributed by atoms with van der Waals surface area (Å²) >= 11 is 6.29. The van der Waals surface area contributed by atoms with Crippen LogP contribution < -0.4 is 10.4 Å². The van der Waals surface area contributed by atoms with Crippen molar-refractivity contribution < 1.29 is 13.9 Å². The molecule has 3 aromatic rings. The molecule has 1 aromatic carbocycles. The zero-order chi connectivity index (χ0) is 19.9. The summed E-state index contributed by atoms with van der Waals surface area (Å²) in [5.41, 5.74) is 3.30. The molecule has 142 valence electrons. The molecule has 0 saturated carbocycles. The van der Waals surface area contributed by atoms with Crippen molar-refractivity contribution in [1.29, 1.82) is 0 Å². The second-order valence-electron chi connectivity index (χ2n) is 6.99. The molecule has 6 heteroatoms. The summed E-state index contributed by atoms with van der Waals surface area (Å²) in [6, 6.07) is 6.79. The predicted molar refractivity (Wildman–Crippen MR) is 106 cm³/mol. The lowest BCUT2D eigenvalue weighted by atomic mass is 10.1. The van der Waals surface area contributed by atoms with E-state index in [4.69, 9.17) is 20.8 Å². The first-order valence-electron chi connectivity index (χ1n) is 8.77. The number of hydrogen-bond acceptors (Lipinski definition) is 4. The average Bonchev–Trinajstić information content (AvgIpc) is 2.88. The van der Waals surface area contributed by atoms with Crippen LogP contribution in [0.25, 0.3) is 11.0 Å². The van der Waals surface area contributed by atoms with Crippen molar-refractivity contribution in [2.45, 2.75) is 40.7 Å². The summed E-state index contributed by atoms with van der Waals surface area (Å²) in [4.78, 5) is 24.2. The molecule has 0 amide bonds. The molecule has 0 aliphatic carbocycles. The number of halogens is 1. The number of Topliss-reactive ketones (excluding diaryl/α,β-unsaturated/α-hetero) is 1. The van der Waals surface area contributed by atoms with Gasteiger partial charge in [-0.1, -0.05) is 11.6 Å². The fraction of sp³-hybridized carbons (Fsp3) is 0.333. The number of carbonyl (C=O) groups is 1. The van der Waals surface area contributed by atoms with Gasteiger partial charge >= 0.3 is 5.63 Å². The summed E-state index contributed by atoms with van der Waals surface area (Å²) in [6.07, 6.45) is 0. The SMILES string of the molecule is Cc1cc(=O)oc2cc(OCC(=O)c3cc(C)n(C(C)C)c3C)c(Cl)cc12. The molecule has 27 heavy (non-hydrogen) atoms. The third-order valence-corrected chi connectivity index (χ3v) is 4.96. The molecule has 2 heterocycles. The van der Waals surface area contributed by atoms with E-state index < -0.39 is 5.63 Å². The monoisotopic (exact) mass is 387 g/mol. The van der Waals surface area contributed by atoms with Crippen molar-refractivity contribution in [3.63, 3.8) is 0 Å². The van der Waals surface area contributed by atoms with Crippen LogP contribution in [-0.2, 0) is 0 Å². The zero-order valence-electron chi connectivity index (χ0n) is 16.1. The van der Waals surface area contributed by atoms with Crippen LogP contribution in [0, 0.1) is 20.8 Å². The Morgan fingerprint density at radius 3 is 2.52 bits per heavy atom. The van der Waals surface area contributed by atoms with Gasteiger partial charge in [0, 0.05) is 40.5 Å². The van der Waals surface area contributed by atoms with Crippen LogP contribution in [0.3, 0.4) is 0 Å². The molecule has 0 saturated heterocycles. The standard InChI is InChI=1S/C21H22ClNO4/c1-11(2)23-13(4)7-16(14(23)5)18(24)10-26-20-9-19-15(8-17(20)22)12(3)6-21(25)27-19/h6-9,11H,10H2,1-5H3. The van der Waals surface area contributed by atoms with Gasteiger partial charge in [-0.15, -0.1) is 0 Å². The van der Waals surface area contributed by atoms with E-state index >= 15 is 0 Å². The van der Waals surface area contributed by atoms with Crippen LogP contribution in [0.4, 0.5) is 0 Å². The highest BCUT2D eigenvalue weighted by molar-refractivity contribution is 6.32. The number of aromatic nitrogens is 1. The minimum atomic E-state index is -0.439. The fourth-order valence-electron chi connectivity index (χ4n) is 3.51. The Kier molecular flexibility index (Phi) is 5.16. The quantitative estimate of drug-likeness (QED) is 0.455. The predicted octanol–water partition coefficient (Wildman–Crippen LogP) is 5.02. The summed E-state index contributed by atoms with van der Waals surface area (Å²) in [5, 5.41) is 1.10. The molecule has 3 rings (SSSR count). The number of fused-ring (bicyclic) bond motifs is 1. The molecule has 0 radical (unpaired) electrons. The summed E-state index contributed by atoms with van der Waals surface area (Å²) in [5.74, 6) is 0.181. The van der Waals surface area contributed by atoms with Gasteiger partial charge in [-0.05, 0) is 52.3 Å². The average molecular weight is 388 g/mol. The Hall–Kier alpha value is -2.53. The van der Waals surface area contributed by atoms with E-state index in [-0.39, 0.29) is 18.4 Å². The lowest BCUT2D eigenvalue weighted by Gasteiger charge is -2.13. The topological polar surface area (TPSA) is 61.4 Å². The number of aryl methyl sites for hydroxylation is 2. The van der Waals surface area contributed by atoms with Crippen molar-refractivity contribution >= 4 is 28.4 Å². The summed E-state index contributed by atoms with van der Waals surface area (Å²) in [6.45, 7) is 9.73. The molecule has 0 unspecified atom stereocenters. The van der Waals surface area contributed by atoms with Crippen molar-refractivity contribution in [2.24, 2.45) is 0 Å². The Balaban J connectivity index is 1.87. The molecular formula is C21H22ClNO4. The number of benzene rings is 1. The number of nitrogens with zero attached hydrogens (tertiary/aromatic N) is 1. The van der Waals surface area contributed by atoms with Gasteiger partial charge in [-0.25, -0.2) is 4.79 Å². The molecule has 0 aliphatic heterocycles. The smallest absolute Gasteiger partial charge is 0.336 e.